The Morgan fingerprint density at radius 3 is 2.05 bits per heavy atom. The van der Waals surface area contributed by atoms with E-state index in [1.54, 1.807) is 12.1 Å². The van der Waals surface area contributed by atoms with E-state index in [4.69, 9.17) is 0 Å². The fraction of sp³-hybridized carbons (Fsp3) is 0.294. The summed E-state index contributed by atoms with van der Waals surface area (Å²) in [5, 5.41) is 20.1. The molecule has 0 spiro atoms. The zero-order valence-corrected chi connectivity index (χ0v) is 11.0. The molecule has 0 radical (unpaired) electrons. The normalized spacial score (nSPS) is 17.9. The Labute approximate surface area is 113 Å². The van der Waals surface area contributed by atoms with Gasteiger partial charge in [-0.15, -0.1) is 0 Å². The summed E-state index contributed by atoms with van der Waals surface area (Å²) in [4.78, 5) is 0. The number of aromatic hydroxyl groups is 2. The highest BCUT2D eigenvalue weighted by atomic mass is 16.3. The summed E-state index contributed by atoms with van der Waals surface area (Å²) in [6.07, 6.45) is 2.11. The summed E-state index contributed by atoms with van der Waals surface area (Å²) in [7, 11) is 0. The fourth-order valence-electron chi connectivity index (χ4n) is 3.12. The van der Waals surface area contributed by atoms with Crippen LogP contribution in [0, 0.1) is 0 Å². The van der Waals surface area contributed by atoms with Gasteiger partial charge in [0, 0.05) is 11.0 Å². The van der Waals surface area contributed by atoms with Crippen LogP contribution >= 0.6 is 0 Å². The van der Waals surface area contributed by atoms with Crippen LogP contribution in [-0.4, -0.2) is 10.2 Å². The largest absolute Gasteiger partial charge is 0.508 e. The molecule has 0 aromatic heterocycles. The maximum atomic E-state index is 10.1. The van der Waals surface area contributed by atoms with Gasteiger partial charge in [0.1, 0.15) is 11.5 Å². The molecule has 0 saturated heterocycles. The number of phenolic OH excluding ortho intramolecular Hbond substituents is 2. The van der Waals surface area contributed by atoms with Crippen molar-refractivity contribution in [2.45, 2.75) is 31.1 Å². The standard InChI is InChI=1S/C17H18O2/c1-12(13-6-2-4-8-15(13)18)17(10-11-17)14-7-3-5-9-16(14)19/h2-9,12,18-19H,10-11H2,1H3. The van der Waals surface area contributed by atoms with Crippen molar-refractivity contribution in [2.24, 2.45) is 0 Å². The highest BCUT2D eigenvalue weighted by Gasteiger charge is 2.50. The van der Waals surface area contributed by atoms with Gasteiger partial charge in [-0.05, 0) is 36.5 Å². The quantitative estimate of drug-likeness (QED) is 0.871. The molecule has 19 heavy (non-hydrogen) atoms. The van der Waals surface area contributed by atoms with Gasteiger partial charge in [-0.2, -0.15) is 0 Å². The van der Waals surface area contributed by atoms with Crippen molar-refractivity contribution in [3.8, 4) is 11.5 Å². The minimum Gasteiger partial charge on any atom is -0.508 e. The Morgan fingerprint density at radius 2 is 1.47 bits per heavy atom. The molecule has 0 amide bonds. The Bertz CT molecular complexity index is 600. The minimum atomic E-state index is -0.0236. The molecule has 1 fully saturated rings. The van der Waals surface area contributed by atoms with Crippen LogP contribution in [0.15, 0.2) is 48.5 Å². The molecule has 2 N–H and O–H groups in total. The number of para-hydroxylation sites is 2. The zero-order chi connectivity index (χ0) is 13.5. The molecule has 1 atom stereocenters. The van der Waals surface area contributed by atoms with Gasteiger partial charge in [0.05, 0.1) is 0 Å². The molecule has 2 heteroatoms. The third-order valence-electron chi connectivity index (χ3n) is 4.46. The van der Waals surface area contributed by atoms with Crippen molar-refractivity contribution in [1.29, 1.82) is 0 Å². The van der Waals surface area contributed by atoms with E-state index in [-0.39, 0.29) is 11.3 Å². The molecule has 1 saturated carbocycles. The Morgan fingerprint density at radius 1 is 0.895 bits per heavy atom. The fourth-order valence-corrected chi connectivity index (χ4v) is 3.12. The maximum absolute atomic E-state index is 10.1. The molecular weight excluding hydrogens is 236 g/mol. The smallest absolute Gasteiger partial charge is 0.119 e. The molecule has 0 bridgehead atoms. The van der Waals surface area contributed by atoms with Crippen LogP contribution in [0.2, 0.25) is 0 Å². The highest BCUT2D eigenvalue weighted by Crippen LogP contribution is 2.60. The van der Waals surface area contributed by atoms with E-state index in [0.29, 0.717) is 11.5 Å². The summed E-state index contributed by atoms with van der Waals surface area (Å²) in [5.74, 6) is 0.904. The molecule has 2 aromatic rings. The van der Waals surface area contributed by atoms with E-state index in [2.05, 4.69) is 6.92 Å². The number of benzene rings is 2. The molecule has 1 aliphatic rings. The van der Waals surface area contributed by atoms with Crippen molar-refractivity contribution in [2.75, 3.05) is 0 Å². The lowest BCUT2D eigenvalue weighted by atomic mass is 9.79. The van der Waals surface area contributed by atoms with Gasteiger partial charge in [-0.25, -0.2) is 0 Å². The van der Waals surface area contributed by atoms with E-state index in [1.165, 1.54) is 0 Å². The van der Waals surface area contributed by atoms with Crippen molar-refractivity contribution >= 4 is 0 Å². The minimum absolute atomic E-state index is 0.0236. The van der Waals surface area contributed by atoms with Crippen LogP contribution < -0.4 is 0 Å². The molecule has 0 heterocycles. The monoisotopic (exact) mass is 254 g/mol. The first kappa shape index (κ1) is 12.1. The number of hydrogen-bond acceptors (Lipinski definition) is 2. The second-order valence-electron chi connectivity index (χ2n) is 5.45. The second-order valence-corrected chi connectivity index (χ2v) is 5.45. The average Bonchev–Trinajstić information content (AvgIpc) is 3.20. The van der Waals surface area contributed by atoms with Gasteiger partial charge in [0.2, 0.25) is 0 Å². The highest BCUT2D eigenvalue weighted by molar-refractivity contribution is 5.48. The van der Waals surface area contributed by atoms with Gasteiger partial charge < -0.3 is 10.2 Å². The first-order chi connectivity index (χ1) is 9.15. The summed E-state index contributed by atoms with van der Waals surface area (Å²) in [6, 6.07) is 15.0. The lowest BCUT2D eigenvalue weighted by molar-refractivity contribution is 0.432. The summed E-state index contributed by atoms with van der Waals surface area (Å²) < 4.78 is 0. The molecular formula is C17H18O2. The lowest BCUT2D eigenvalue weighted by Crippen LogP contribution is -2.16. The van der Waals surface area contributed by atoms with Gasteiger partial charge in [0.15, 0.2) is 0 Å². The summed E-state index contributed by atoms with van der Waals surface area (Å²) >= 11 is 0. The number of rotatable bonds is 3. The van der Waals surface area contributed by atoms with E-state index in [1.807, 2.05) is 36.4 Å². The van der Waals surface area contributed by atoms with Crippen LogP contribution in [0.1, 0.15) is 36.8 Å². The lowest BCUT2D eigenvalue weighted by Gasteiger charge is -2.25. The summed E-state index contributed by atoms with van der Waals surface area (Å²) in [5.41, 5.74) is 1.94. The topological polar surface area (TPSA) is 40.5 Å². The Balaban J connectivity index is 2.03. The number of phenols is 2. The third kappa shape index (κ3) is 1.88. The average molecular weight is 254 g/mol. The van der Waals surface area contributed by atoms with E-state index < -0.39 is 0 Å². The Hall–Kier alpha value is -1.96. The predicted octanol–water partition coefficient (Wildman–Crippen LogP) is 3.93. The van der Waals surface area contributed by atoms with E-state index in [9.17, 15) is 10.2 Å². The predicted molar refractivity (Wildman–Crippen MR) is 75.5 cm³/mol. The second kappa shape index (κ2) is 4.30. The van der Waals surface area contributed by atoms with Crippen LogP contribution in [0.25, 0.3) is 0 Å². The molecule has 1 unspecified atom stereocenters. The Kier molecular flexibility index (Phi) is 2.74. The molecule has 0 aliphatic heterocycles. The molecule has 2 nitrogen and oxygen atoms in total. The van der Waals surface area contributed by atoms with E-state index in [0.717, 1.165) is 24.0 Å². The van der Waals surface area contributed by atoms with Crippen molar-refractivity contribution in [3.63, 3.8) is 0 Å². The van der Waals surface area contributed by atoms with Gasteiger partial charge >= 0.3 is 0 Å². The van der Waals surface area contributed by atoms with Crippen molar-refractivity contribution in [3.05, 3.63) is 59.7 Å². The third-order valence-corrected chi connectivity index (χ3v) is 4.46. The molecule has 3 rings (SSSR count). The van der Waals surface area contributed by atoms with Crippen molar-refractivity contribution < 1.29 is 10.2 Å². The van der Waals surface area contributed by atoms with Gasteiger partial charge in [-0.1, -0.05) is 43.3 Å². The van der Waals surface area contributed by atoms with Gasteiger partial charge in [0.25, 0.3) is 0 Å². The van der Waals surface area contributed by atoms with E-state index >= 15 is 0 Å². The number of hydrogen-bond donors (Lipinski definition) is 2. The van der Waals surface area contributed by atoms with Crippen LogP contribution in [0.3, 0.4) is 0 Å². The van der Waals surface area contributed by atoms with Crippen LogP contribution in [0.4, 0.5) is 0 Å². The molecule has 2 aromatic carbocycles. The first-order valence-electron chi connectivity index (χ1n) is 6.71. The summed E-state index contributed by atoms with van der Waals surface area (Å²) in [6.45, 7) is 2.13. The maximum Gasteiger partial charge on any atom is 0.119 e. The first-order valence-corrected chi connectivity index (χ1v) is 6.71. The van der Waals surface area contributed by atoms with Crippen molar-refractivity contribution in [1.82, 2.24) is 0 Å². The molecule has 98 valence electrons. The molecule has 1 aliphatic carbocycles. The van der Waals surface area contributed by atoms with Gasteiger partial charge in [-0.3, -0.25) is 0 Å². The van der Waals surface area contributed by atoms with Crippen LogP contribution in [0.5, 0.6) is 11.5 Å². The SMILES string of the molecule is CC(c1ccccc1O)C1(c2ccccc2O)CC1. The zero-order valence-electron chi connectivity index (χ0n) is 11.0. The van der Waals surface area contributed by atoms with Crippen LogP contribution in [-0.2, 0) is 5.41 Å².